The highest BCUT2D eigenvalue weighted by Crippen LogP contribution is 2.25. The lowest BCUT2D eigenvalue weighted by molar-refractivity contribution is -0.385. The molecule has 5 nitrogen and oxygen atoms in total. The van der Waals surface area contributed by atoms with E-state index in [2.05, 4.69) is 0 Å². The smallest absolute Gasteiger partial charge is 0.273 e. The van der Waals surface area contributed by atoms with Crippen molar-refractivity contribution in [2.45, 2.75) is 34.1 Å². The first-order chi connectivity index (χ1) is 9.70. The molecule has 0 fully saturated rings. The SMILES string of the molecule is CCc1ccc(C=C(C#N)C(=O)C(C)(C)C)cc1[N+](=O)[O-]. The summed E-state index contributed by atoms with van der Waals surface area (Å²) in [6, 6.07) is 6.60. The highest BCUT2D eigenvalue weighted by molar-refractivity contribution is 6.06. The predicted octanol–water partition coefficient (Wildman–Crippen LogP) is 3.68. The van der Waals surface area contributed by atoms with Crippen molar-refractivity contribution in [1.29, 1.82) is 5.26 Å². The maximum atomic E-state index is 12.1. The molecule has 0 amide bonds. The second-order valence-corrected chi connectivity index (χ2v) is 5.75. The highest BCUT2D eigenvalue weighted by Gasteiger charge is 2.25. The van der Waals surface area contributed by atoms with Gasteiger partial charge in [-0.2, -0.15) is 5.26 Å². The standard InChI is InChI=1S/C16H18N2O3/c1-5-12-7-6-11(9-14(12)18(20)21)8-13(10-17)15(19)16(2,3)4/h6-9H,5H2,1-4H3. The summed E-state index contributed by atoms with van der Waals surface area (Å²) in [6.07, 6.45) is 1.95. The zero-order valence-electron chi connectivity index (χ0n) is 12.6. The first kappa shape index (κ1) is 16.6. The molecule has 0 radical (unpaired) electrons. The molecule has 1 rings (SSSR count). The fraction of sp³-hybridized carbons (Fsp3) is 0.375. The number of aryl methyl sites for hydroxylation is 1. The molecule has 0 aliphatic carbocycles. The van der Waals surface area contributed by atoms with E-state index in [-0.39, 0.29) is 17.0 Å². The number of carbonyl (C=O) groups is 1. The zero-order chi connectivity index (χ0) is 16.2. The monoisotopic (exact) mass is 286 g/mol. The Labute approximate surface area is 124 Å². The van der Waals surface area contributed by atoms with E-state index in [4.69, 9.17) is 5.26 Å². The number of nitro benzene ring substituents is 1. The third-order valence-corrected chi connectivity index (χ3v) is 3.04. The molecule has 0 bridgehead atoms. The highest BCUT2D eigenvalue weighted by atomic mass is 16.6. The topological polar surface area (TPSA) is 84.0 Å². The van der Waals surface area contributed by atoms with Crippen LogP contribution in [0.5, 0.6) is 0 Å². The summed E-state index contributed by atoms with van der Waals surface area (Å²) in [6.45, 7) is 7.01. The summed E-state index contributed by atoms with van der Waals surface area (Å²) in [5.41, 5.74) is 0.440. The van der Waals surface area contributed by atoms with Gasteiger partial charge in [-0.25, -0.2) is 0 Å². The van der Waals surface area contributed by atoms with E-state index in [1.54, 1.807) is 32.9 Å². The molecular formula is C16H18N2O3. The van der Waals surface area contributed by atoms with Gasteiger partial charge in [0.25, 0.3) is 5.69 Å². The number of carbonyl (C=O) groups excluding carboxylic acids is 1. The lowest BCUT2D eigenvalue weighted by Crippen LogP contribution is -2.21. The predicted molar refractivity (Wildman–Crippen MR) is 80.5 cm³/mol. The molecule has 1 aromatic carbocycles. The number of benzene rings is 1. The average Bonchev–Trinajstić information content (AvgIpc) is 2.42. The van der Waals surface area contributed by atoms with Crippen LogP contribution in [0.15, 0.2) is 23.8 Å². The van der Waals surface area contributed by atoms with Gasteiger partial charge < -0.3 is 0 Å². The van der Waals surface area contributed by atoms with Crippen molar-refractivity contribution in [2.24, 2.45) is 5.41 Å². The van der Waals surface area contributed by atoms with Crippen molar-refractivity contribution in [3.63, 3.8) is 0 Å². The van der Waals surface area contributed by atoms with Crippen molar-refractivity contribution in [1.82, 2.24) is 0 Å². The summed E-state index contributed by atoms with van der Waals surface area (Å²) in [5, 5.41) is 20.2. The van der Waals surface area contributed by atoms with Crippen LogP contribution in [0.4, 0.5) is 5.69 Å². The Morgan fingerprint density at radius 3 is 2.48 bits per heavy atom. The maximum Gasteiger partial charge on any atom is 0.273 e. The molecule has 0 heterocycles. The number of nitriles is 1. The number of rotatable bonds is 4. The maximum absolute atomic E-state index is 12.1. The Kier molecular flexibility index (Phi) is 4.98. The van der Waals surface area contributed by atoms with Crippen LogP contribution >= 0.6 is 0 Å². The van der Waals surface area contributed by atoms with Crippen LogP contribution in [0, 0.1) is 26.9 Å². The second-order valence-electron chi connectivity index (χ2n) is 5.75. The minimum absolute atomic E-state index is 0.000969. The van der Waals surface area contributed by atoms with E-state index in [0.29, 0.717) is 17.5 Å². The third kappa shape index (κ3) is 3.99. The van der Waals surface area contributed by atoms with E-state index in [1.165, 1.54) is 12.1 Å². The van der Waals surface area contributed by atoms with Gasteiger partial charge in [0.2, 0.25) is 0 Å². The van der Waals surface area contributed by atoms with Gasteiger partial charge in [0.1, 0.15) is 6.07 Å². The van der Waals surface area contributed by atoms with Crippen molar-refractivity contribution in [3.05, 3.63) is 45.0 Å². The minimum atomic E-state index is -0.670. The molecule has 0 aliphatic heterocycles. The van der Waals surface area contributed by atoms with Crippen LogP contribution in [0.25, 0.3) is 6.08 Å². The van der Waals surface area contributed by atoms with Gasteiger partial charge in [0.05, 0.1) is 10.5 Å². The molecule has 0 aromatic heterocycles. The van der Waals surface area contributed by atoms with Crippen LogP contribution in [0.2, 0.25) is 0 Å². The molecule has 21 heavy (non-hydrogen) atoms. The fourth-order valence-electron chi connectivity index (χ4n) is 1.86. The van der Waals surface area contributed by atoms with Gasteiger partial charge in [0, 0.05) is 17.0 Å². The van der Waals surface area contributed by atoms with Crippen molar-refractivity contribution >= 4 is 17.5 Å². The number of ketones is 1. The van der Waals surface area contributed by atoms with Gasteiger partial charge in [-0.3, -0.25) is 14.9 Å². The largest absolute Gasteiger partial charge is 0.293 e. The number of nitrogens with zero attached hydrogens (tertiary/aromatic N) is 2. The van der Waals surface area contributed by atoms with Gasteiger partial charge in [0.15, 0.2) is 5.78 Å². The van der Waals surface area contributed by atoms with E-state index in [0.717, 1.165) is 0 Å². The second kappa shape index (κ2) is 6.31. The number of hydrogen-bond acceptors (Lipinski definition) is 4. The van der Waals surface area contributed by atoms with Gasteiger partial charge in [-0.05, 0) is 18.1 Å². The van der Waals surface area contributed by atoms with E-state index in [9.17, 15) is 14.9 Å². The third-order valence-electron chi connectivity index (χ3n) is 3.04. The molecule has 5 heteroatoms. The molecular weight excluding hydrogens is 268 g/mol. The Balaban J connectivity index is 3.31. The van der Waals surface area contributed by atoms with E-state index in [1.807, 2.05) is 13.0 Å². The molecule has 0 atom stereocenters. The molecule has 110 valence electrons. The van der Waals surface area contributed by atoms with Crippen molar-refractivity contribution in [3.8, 4) is 6.07 Å². The van der Waals surface area contributed by atoms with Crippen LogP contribution < -0.4 is 0 Å². The van der Waals surface area contributed by atoms with Crippen LogP contribution in [-0.2, 0) is 11.2 Å². The Bertz CT molecular complexity index is 646. The van der Waals surface area contributed by atoms with Crippen LogP contribution in [0.1, 0.15) is 38.8 Å². The summed E-state index contributed by atoms with van der Waals surface area (Å²) in [7, 11) is 0. The normalized spacial score (nSPS) is 11.9. The number of allylic oxidation sites excluding steroid dienone is 1. The van der Waals surface area contributed by atoms with Gasteiger partial charge in [-0.1, -0.05) is 39.8 Å². The molecule has 0 N–H and O–H groups in total. The number of hydrogen-bond donors (Lipinski definition) is 0. The first-order valence-electron chi connectivity index (χ1n) is 6.64. The van der Waals surface area contributed by atoms with Crippen molar-refractivity contribution < 1.29 is 9.72 Å². The molecule has 0 saturated heterocycles. The summed E-state index contributed by atoms with van der Waals surface area (Å²) in [5.74, 6) is -0.285. The lowest BCUT2D eigenvalue weighted by atomic mass is 9.86. The Hall–Kier alpha value is -2.48. The van der Waals surface area contributed by atoms with Crippen LogP contribution in [-0.4, -0.2) is 10.7 Å². The van der Waals surface area contributed by atoms with Crippen molar-refractivity contribution in [2.75, 3.05) is 0 Å². The molecule has 0 unspecified atom stereocenters. The first-order valence-corrected chi connectivity index (χ1v) is 6.64. The number of nitro groups is 1. The average molecular weight is 286 g/mol. The van der Waals surface area contributed by atoms with Gasteiger partial charge in [-0.15, -0.1) is 0 Å². The van der Waals surface area contributed by atoms with E-state index < -0.39 is 10.3 Å². The summed E-state index contributed by atoms with van der Waals surface area (Å²) >= 11 is 0. The van der Waals surface area contributed by atoms with E-state index >= 15 is 0 Å². The van der Waals surface area contributed by atoms with Gasteiger partial charge >= 0.3 is 0 Å². The number of Topliss-reactive ketones (excluding diaryl/α,β-unsaturated/α-hetero) is 1. The lowest BCUT2D eigenvalue weighted by Gasteiger charge is -2.15. The minimum Gasteiger partial charge on any atom is -0.293 e. The fourth-order valence-corrected chi connectivity index (χ4v) is 1.86. The zero-order valence-corrected chi connectivity index (χ0v) is 12.6. The summed E-state index contributed by atoms with van der Waals surface area (Å²) in [4.78, 5) is 22.7. The Morgan fingerprint density at radius 2 is 2.05 bits per heavy atom. The Morgan fingerprint density at radius 1 is 1.43 bits per heavy atom. The summed E-state index contributed by atoms with van der Waals surface area (Å²) < 4.78 is 0. The quantitative estimate of drug-likeness (QED) is 0.366. The van der Waals surface area contributed by atoms with Crippen LogP contribution in [0.3, 0.4) is 0 Å². The molecule has 0 aliphatic rings. The molecule has 1 aromatic rings. The molecule has 0 saturated carbocycles. The molecule has 0 spiro atoms.